The number of aldehydes is 1. The van der Waals surface area contributed by atoms with E-state index in [-0.39, 0.29) is 11.8 Å². The minimum absolute atomic E-state index is 0.0975. The number of allylic oxidation sites excluding steroid dienone is 4. The van der Waals surface area contributed by atoms with Crippen molar-refractivity contribution < 1.29 is 14.7 Å². The zero-order valence-electron chi connectivity index (χ0n) is 26.6. The third kappa shape index (κ3) is 7.16. The summed E-state index contributed by atoms with van der Waals surface area (Å²) in [6.45, 7) is 21.9. The molecule has 0 radical (unpaired) electrons. The van der Waals surface area contributed by atoms with Crippen LogP contribution in [0.3, 0.4) is 0 Å². The number of aliphatic hydroxyl groups excluding tert-OH is 1. The number of hydrogen-bond acceptors (Lipinski definition) is 7. The van der Waals surface area contributed by atoms with Crippen LogP contribution in [0.5, 0.6) is 0 Å². The summed E-state index contributed by atoms with van der Waals surface area (Å²) >= 11 is 0. The summed E-state index contributed by atoms with van der Waals surface area (Å²) in [6, 6.07) is 8.55. The number of piperazine rings is 1. The van der Waals surface area contributed by atoms with Gasteiger partial charge in [0.25, 0.3) is 5.91 Å². The van der Waals surface area contributed by atoms with Crippen LogP contribution in [-0.2, 0) is 17.8 Å². The van der Waals surface area contributed by atoms with Crippen molar-refractivity contribution in [2.24, 2.45) is 0 Å². The van der Waals surface area contributed by atoms with E-state index in [1.165, 1.54) is 11.1 Å². The quantitative estimate of drug-likeness (QED) is 0.273. The lowest BCUT2D eigenvalue weighted by Gasteiger charge is -2.48. The van der Waals surface area contributed by atoms with Gasteiger partial charge in [-0.3, -0.25) is 9.59 Å². The predicted molar refractivity (Wildman–Crippen MR) is 169 cm³/mol. The maximum absolute atomic E-state index is 13.8. The monoisotopic (exact) mass is 573 g/mol. The van der Waals surface area contributed by atoms with Gasteiger partial charge < -0.3 is 19.8 Å². The lowest BCUT2D eigenvalue weighted by atomic mass is 9.97. The van der Waals surface area contributed by atoms with Crippen LogP contribution in [0.25, 0.3) is 0 Å². The molecule has 1 saturated heterocycles. The molecule has 1 amide bonds. The first-order valence-electron chi connectivity index (χ1n) is 14.6. The number of aliphatic hydroxyl groups is 1. The number of carbonyl (C=O) groups excluding carboxylic acids is 2. The van der Waals surface area contributed by atoms with Gasteiger partial charge in [-0.25, -0.2) is 9.97 Å². The van der Waals surface area contributed by atoms with Crippen molar-refractivity contribution in [2.75, 3.05) is 38.2 Å². The molecule has 1 N–H and O–H groups in total. The molecule has 0 saturated carbocycles. The third-order valence-electron chi connectivity index (χ3n) is 7.99. The molecule has 8 nitrogen and oxygen atoms in total. The Morgan fingerprint density at radius 3 is 2.33 bits per heavy atom. The molecule has 2 aliphatic rings. The van der Waals surface area contributed by atoms with Gasteiger partial charge in [-0.1, -0.05) is 50.3 Å². The third-order valence-corrected chi connectivity index (χ3v) is 7.99. The Balaban J connectivity index is 0.00000237. The largest absolute Gasteiger partial charge is 0.400 e. The number of rotatable bonds is 7. The molecule has 8 heteroatoms. The van der Waals surface area contributed by atoms with E-state index in [0.29, 0.717) is 30.9 Å². The number of anilines is 1. The smallest absolute Gasteiger partial charge is 0.274 e. The van der Waals surface area contributed by atoms with Gasteiger partial charge in [-0.2, -0.15) is 0 Å². The van der Waals surface area contributed by atoms with Crippen LogP contribution in [0.1, 0.15) is 81.7 Å². The maximum Gasteiger partial charge on any atom is 0.274 e. The van der Waals surface area contributed by atoms with E-state index in [4.69, 9.17) is 15.1 Å². The first-order chi connectivity index (χ1) is 19.9. The van der Waals surface area contributed by atoms with Crippen molar-refractivity contribution in [3.63, 3.8) is 0 Å². The van der Waals surface area contributed by atoms with E-state index in [9.17, 15) is 9.59 Å². The number of fused-ring (bicyclic) bond motifs is 1. The zero-order chi connectivity index (χ0) is 31.2. The summed E-state index contributed by atoms with van der Waals surface area (Å²) < 4.78 is 0. The molecule has 3 heterocycles. The second kappa shape index (κ2) is 13.9. The van der Waals surface area contributed by atoms with Crippen molar-refractivity contribution >= 4 is 18.0 Å². The average molecular weight is 574 g/mol. The predicted octanol–water partition coefficient (Wildman–Crippen LogP) is 5.30. The molecular formula is C34H47N5O3. The van der Waals surface area contributed by atoms with Crippen molar-refractivity contribution in [3.05, 3.63) is 88.0 Å². The van der Waals surface area contributed by atoms with E-state index in [1.54, 1.807) is 6.20 Å². The molecule has 2 aromatic rings. The molecule has 0 spiro atoms. The lowest BCUT2D eigenvalue weighted by molar-refractivity contribution is -0.104. The topological polar surface area (TPSA) is 89.9 Å². The Bertz CT molecular complexity index is 1370. The van der Waals surface area contributed by atoms with Gasteiger partial charge in [0.1, 0.15) is 12.0 Å². The first-order valence-corrected chi connectivity index (χ1v) is 14.6. The first kappa shape index (κ1) is 32.7. The van der Waals surface area contributed by atoms with Crippen LogP contribution in [0.15, 0.2) is 65.5 Å². The standard InChI is InChI=1S/C33H43N5O2.CH4O/c1-22(2)28(20-39)24(5)17-25(6)37-15-16-38(33(7,8)21-37)32(40)29-18-34-31(30(35-29)23(3)4)36-14-13-26-11-9-10-12-27(26)19-36;1-2/h9-12,17-18,20,23H,6,13-16,19,21H2,1-5,7-8H3;2H,1H3/b24-17-;. The molecule has 0 atom stereocenters. The molecule has 226 valence electrons. The minimum Gasteiger partial charge on any atom is -0.400 e. The van der Waals surface area contributed by atoms with Gasteiger partial charge in [-0.15, -0.1) is 0 Å². The summed E-state index contributed by atoms with van der Waals surface area (Å²) in [7, 11) is 1.00. The number of carbonyl (C=O) groups is 2. The molecule has 4 rings (SSSR count). The molecule has 0 unspecified atom stereocenters. The van der Waals surface area contributed by atoms with E-state index in [1.807, 2.05) is 31.7 Å². The van der Waals surface area contributed by atoms with Gasteiger partial charge >= 0.3 is 0 Å². The Morgan fingerprint density at radius 1 is 1.07 bits per heavy atom. The summed E-state index contributed by atoms with van der Waals surface area (Å²) in [6.07, 6.45) is 5.48. The van der Waals surface area contributed by atoms with Gasteiger partial charge in [0.05, 0.1) is 17.4 Å². The normalized spacial score (nSPS) is 16.3. The van der Waals surface area contributed by atoms with Crippen molar-refractivity contribution in [3.8, 4) is 0 Å². The SMILES string of the molecule is C=C(/C=C(/C)C(C=O)=C(C)C)N1CCN(C(=O)c2cnc(N3CCc4ccccc4C3)c(C(C)C)n2)C(C)(C)C1.CO. The molecule has 42 heavy (non-hydrogen) atoms. The highest BCUT2D eigenvalue weighted by molar-refractivity contribution is 5.93. The molecule has 2 aliphatic heterocycles. The summed E-state index contributed by atoms with van der Waals surface area (Å²) in [5.41, 5.74) is 6.93. The molecule has 0 bridgehead atoms. The van der Waals surface area contributed by atoms with Crippen molar-refractivity contribution in [2.45, 2.75) is 72.9 Å². The fourth-order valence-corrected chi connectivity index (χ4v) is 5.75. The molecule has 0 aliphatic carbocycles. The number of benzene rings is 1. The molecule has 1 aromatic heterocycles. The average Bonchev–Trinajstić information content (AvgIpc) is 2.96. The Hall–Kier alpha value is -3.78. The highest BCUT2D eigenvalue weighted by Crippen LogP contribution is 2.31. The van der Waals surface area contributed by atoms with Crippen LogP contribution in [-0.4, -0.2) is 75.9 Å². The lowest BCUT2D eigenvalue weighted by Crippen LogP contribution is -2.60. The molecule has 1 fully saturated rings. The van der Waals surface area contributed by atoms with Gasteiger partial charge in [-0.05, 0) is 69.7 Å². The number of amides is 1. The highest BCUT2D eigenvalue weighted by atomic mass is 16.2. The minimum atomic E-state index is -0.445. The van der Waals surface area contributed by atoms with E-state index >= 15 is 0 Å². The van der Waals surface area contributed by atoms with Crippen molar-refractivity contribution in [1.29, 1.82) is 0 Å². The number of hydrogen-bond donors (Lipinski definition) is 1. The van der Waals surface area contributed by atoms with Crippen LogP contribution in [0.4, 0.5) is 5.82 Å². The molecular weight excluding hydrogens is 526 g/mol. The fraction of sp³-hybridized carbons (Fsp3) is 0.471. The van der Waals surface area contributed by atoms with Crippen molar-refractivity contribution in [1.82, 2.24) is 19.8 Å². The summed E-state index contributed by atoms with van der Waals surface area (Å²) in [4.78, 5) is 41.5. The van der Waals surface area contributed by atoms with E-state index in [2.05, 4.69) is 68.3 Å². The van der Waals surface area contributed by atoms with Gasteiger partial charge in [0.2, 0.25) is 0 Å². The Kier molecular flexibility index (Phi) is 10.9. The maximum atomic E-state index is 13.8. The molecule has 1 aromatic carbocycles. The van der Waals surface area contributed by atoms with Crippen LogP contribution >= 0.6 is 0 Å². The second-order valence-electron chi connectivity index (χ2n) is 12.1. The zero-order valence-corrected chi connectivity index (χ0v) is 26.6. The fourth-order valence-electron chi connectivity index (χ4n) is 5.75. The Morgan fingerprint density at radius 2 is 1.74 bits per heavy atom. The van der Waals surface area contributed by atoms with Gasteiger partial charge in [0, 0.05) is 51.1 Å². The van der Waals surface area contributed by atoms with Gasteiger partial charge in [0.15, 0.2) is 5.82 Å². The summed E-state index contributed by atoms with van der Waals surface area (Å²) in [5.74, 6) is 0.905. The van der Waals surface area contributed by atoms with E-state index < -0.39 is 5.54 Å². The Labute approximate surface area is 251 Å². The van der Waals surface area contributed by atoms with Crippen LogP contribution < -0.4 is 4.90 Å². The van der Waals surface area contributed by atoms with Crippen LogP contribution in [0.2, 0.25) is 0 Å². The number of aromatic nitrogens is 2. The van der Waals surface area contributed by atoms with E-state index in [0.717, 1.165) is 61.3 Å². The van der Waals surface area contributed by atoms with Crippen LogP contribution in [0, 0.1) is 0 Å². The number of nitrogens with zero attached hydrogens (tertiary/aromatic N) is 5. The summed E-state index contributed by atoms with van der Waals surface area (Å²) in [5, 5.41) is 7.00. The highest BCUT2D eigenvalue weighted by Gasteiger charge is 2.38. The second-order valence-corrected chi connectivity index (χ2v) is 12.1.